The van der Waals surface area contributed by atoms with Gasteiger partial charge in [-0.05, 0) is 0 Å². The van der Waals surface area contributed by atoms with Crippen LogP contribution in [0.15, 0.2) is 11.4 Å². The van der Waals surface area contributed by atoms with Gasteiger partial charge >= 0.3 is 11.0 Å². The molecule has 0 radical (unpaired) electrons. The second-order valence-corrected chi connectivity index (χ2v) is 5.45. The maximum Gasteiger partial charge on any atom is 0.327 e. The van der Waals surface area contributed by atoms with Gasteiger partial charge < -0.3 is 10.0 Å². The van der Waals surface area contributed by atoms with Gasteiger partial charge in [-0.15, -0.1) is 11.8 Å². The van der Waals surface area contributed by atoms with Crippen LogP contribution in [0.5, 0.6) is 0 Å². The number of hydrogen-bond acceptors (Lipinski definition) is 6. The van der Waals surface area contributed by atoms with E-state index in [0.29, 0.717) is 11.6 Å². The van der Waals surface area contributed by atoms with Crippen LogP contribution in [0.3, 0.4) is 0 Å². The molecule has 0 aromatic carbocycles. The molecule has 18 heavy (non-hydrogen) atoms. The normalized spacial score (nSPS) is 18.9. The summed E-state index contributed by atoms with van der Waals surface area (Å²) in [5.74, 6) is -0.901. The van der Waals surface area contributed by atoms with Crippen LogP contribution >= 0.6 is 23.1 Å². The van der Waals surface area contributed by atoms with Crippen LogP contribution in [0.1, 0.15) is 10.4 Å². The number of carboxylic acids is 1. The Bertz CT molecular complexity index is 515. The fourth-order valence-corrected chi connectivity index (χ4v) is 3.39. The first-order valence-corrected chi connectivity index (χ1v) is 6.88. The van der Waals surface area contributed by atoms with E-state index in [2.05, 4.69) is 0 Å². The van der Waals surface area contributed by atoms with Crippen molar-refractivity contribution in [3.8, 4) is 0 Å². The van der Waals surface area contributed by atoms with Crippen molar-refractivity contribution in [1.82, 2.24) is 4.90 Å². The van der Waals surface area contributed by atoms with Crippen molar-refractivity contribution in [2.24, 2.45) is 0 Å². The Morgan fingerprint density at radius 3 is 2.83 bits per heavy atom. The minimum Gasteiger partial charge on any atom is -0.480 e. The summed E-state index contributed by atoms with van der Waals surface area (Å²) < 4.78 is 0. The van der Waals surface area contributed by atoms with Crippen molar-refractivity contribution >= 4 is 40.0 Å². The van der Waals surface area contributed by atoms with Crippen LogP contribution in [-0.4, -0.2) is 44.5 Å². The number of aliphatic carboxylic acids is 1. The molecular formula is C9H8N2O5S2. The van der Waals surface area contributed by atoms with Gasteiger partial charge in [-0.1, -0.05) is 11.3 Å². The van der Waals surface area contributed by atoms with E-state index >= 15 is 0 Å². The fraction of sp³-hybridized carbons (Fsp3) is 0.333. The molecule has 0 aliphatic carbocycles. The number of nitro groups is 1. The lowest BCUT2D eigenvalue weighted by Gasteiger charge is -2.19. The zero-order chi connectivity index (χ0) is 13.3. The highest BCUT2D eigenvalue weighted by atomic mass is 32.2. The molecule has 9 heteroatoms. The highest BCUT2D eigenvalue weighted by molar-refractivity contribution is 7.99. The molecule has 0 saturated carbocycles. The first kappa shape index (κ1) is 12.8. The molecule has 0 bridgehead atoms. The average Bonchev–Trinajstić information content (AvgIpc) is 2.97. The van der Waals surface area contributed by atoms with E-state index in [1.807, 2.05) is 0 Å². The van der Waals surface area contributed by atoms with Gasteiger partial charge in [0.2, 0.25) is 0 Å². The van der Waals surface area contributed by atoms with Gasteiger partial charge in [-0.25, -0.2) is 4.79 Å². The monoisotopic (exact) mass is 288 g/mol. The number of nitrogens with zero attached hydrogens (tertiary/aromatic N) is 2. The van der Waals surface area contributed by atoms with E-state index in [1.165, 1.54) is 28.1 Å². The topological polar surface area (TPSA) is 101 Å². The van der Waals surface area contributed by atoms with Gasteiger partial charge in [-0.3, -0.25) is 14.9 Å². The Morgan fingerprint density at radius 2 is 2.28 bits per heavy atom. The summed E-state index contributed by atoms with van der Waals surface area (Å²) in [4.78, 5) is 34.1. The molecule has 1 aliphatic heterocycles. The summed E-state index contributed by atoms with van der Waals surface area (Å²) in [6.07, 6.45) is 0. The first-order chi connectivity index (χ1) is 8.50. The maximum absolute atomic E-state index is 12.0. The molecule has 1 N–H and O–H groups in total. The molecule has 1 amide bonds. The van der Waals surface area contributed by atoms with Gasteiger partial charge in [0.05, 0.1) is 16.4 Å². The number of carbonyl (C=O) groups is 2. The van der Waals surface area contributed by atoms with E-state index in [0.717, 1.165) is 11.3 Å². The van der Waals surface area contributed by atoms with Crippen molar-refractivity contribution in [2.45, 2.75) is 6.04 Å². The Balaban J connectivity index is 2.20. The summed E-state index contributed by atoms with van der Waals surface area (Å²) in [6, 6.07) is 0.316. The molecule has 1 aliphatic rings. The Kier molecular flexibility index (Phi) is 3.53. The molecule has 2 rings (SSSR count). The predicted molar refractivity (Wildman–Crippen MR) is 65.9 cm³/mol. The summed E-state index contributed by atoms with van der Waals surface area (Å²) in [5, 5.41) is 20.7. The summed E-state index contributed by atoms with van der Waals surface area (Å²) >= 11 is 2.20. The van der Waals surface area contributed by atoms with Crippen molar-refractivity contribution in [1.29, 1.82) is 0 Å². The second kappa shape index (κ2) is 4.94. The molecule has 0 spiro atoms. The van der Waals surface area contributed by atoms with Gasteiger partial charge in [0, 0.05) is 17.2 Å². The summed E-state index contributed by atoms with van der Waals surface area (Å²) in [7, 11) is 0. The minimum atomic E-state index is -1.06. The van der Waals surface area contributed by atoms with E-state index < -0.39 is 22.8 Å². The van der Waals surface area contributed by atoms with Crippen LogP contribution in [0.2, 0.25) is 0 Å². The third-order valence-corrected chi connectivity index (χ3v) is 4.33. The zero-order valence-corrected chi connectivity index (χ0v) is 10.6. The number of amides is 1. The van der Waals surface area contributed by atoms with Gasteiger partial charge in [0.1, 0.15) is 6.04 Å². The van der Waals surface area contributed by atoms with E-state index in [9.17, 15) is 19.7 Å². The Morgan fingerprint density at radius 1 is 1.56 bits per heavy atom. The number of rotatable bonds is 3. The Labute approximate surface area is 110 Å². The SMILES string of the molecule is O=C(O)[C@@H]1CSCN1C(=O)c1csc([N+](=O)[O-])c1. The Hall–Kier alpha value is -1.61. The zero-order valence-electron chi connectivity index (χ0n) is 8.94. The van der Waals surface area contributed by atoms with Crippen LogP contribution in [0, 0.1) is 10.1 Å². The lowest BCUT2D eigenvalue weighted by molar-refractivity contribution is -0.380. The van der Waals surface area contributed by atoms with E-state index in [1.54, 1.807) is 0 Å². The van der Waals surface area contributed by atoms with Crippen LogP contribution in [0.25, 0.3) is 0 Å². The van der Waals surface area contributed by atoms with Crippen molar-refractivity contribution < 1.29 is 19.6 Å². The smallest absolute Gasteiger partial charge is 0.327 e. The number of carbonyl (C=O) groups excluding carboxylic acids is 1. The molecule has 96 valence electrons. The van der Waals surface area contributed by atoms with Crippen LogP contribution < -0.4 is 0 Å². The molecule has 1 fully saturated rings. The fourth-order valence-electron chi connectivity index (χ4n) is 1.55. The molecule has 0 unspecified atom stereocenters. The standard InChI is InChI=1S/C9H8N2O5S2/c12-8(5-1-7(11(15)16)18-2-5)10-4-17-3-6(10)9(13)14/h1-2,6H,3-4H2,(H,13,14)/t6-/m0/s1. The molecule has 2 heterocycles. The predicted octanol–water partition coefficient (Wildman–Crippen LogP) is 1.26. The largest absolute Gasteiger partial charge is 0.480 e. The van der Waals surface area contributed by atoms with Crippen molar-refractivity contribution in [3.05, 3.63) is 27.1 Å². The lowest BCUT2D eigenvalue weighted by Crippen LogP contribution is -2.41. The third-order valence-electron chi connectivity index (χ3n) is 2.44. The third kappa shape index (κ3) is 2.31. The highest BCUT2D eigenvalue weighted by Gasteiger charge is 2.35. The van der Waals surface area contributed by atoms with Crippen LogP contribution in [0.4, 0.5) is 5.00 Å². The molecular weight excluding hydrogens is 280 g/mol. The number of thioether (sulfide) groups is 1. The number of thiophene rings is 1. The number of carboxylic acid groups (broad SMARTS) is 1. The maximum atomic E-state index is 12.0. The summed E-state index contributed by atoms with van der Waals surface area (Å²) in [6.45, 7) is 0. The van der Waals surface area contributed by atoms with Crippen molar-refractivity contribution in [3.63, 3.8) is 0 Å². The highest BCUT2D eigenvalue weighted by Crippen LogP contribution is 2.27. The van der Waals surface area contributed by atoms with E-state index in [4.69, 9.17) is 5.11 Å². The minimum absolute atomic E-state index is 0.128. The molecule has 1 atom stereocenters. The van der Waals surface area contributed by atoms with Crippen LogP contribution in [-0.2, 0) is 4.79 Å². The molecule has 1 aromatic heterocycles. The molecule has 7 nitrogen and oxygen atoms in total. The van der Waals surface area contributed by atoms with Gasteiger partial charge in [-0.2, -0.15) is 0 Å². The first-order valence-electron chi connectivity index (χ1n) is 4.85. The quantitative estimate of drug-likeness (QED) is 0.663. The summed E-state index contributed by atoms with van der Waals surface area (Å²) in [5.41, 5.74) is 0.167. The van der Waals surface area contributed by atoms with Crippen molar-refractivity contribution in [2.75, 3.05) is 11.6 Å². The van der Waals surface area contributed by atoms with E-state index in [-0.39, 0.29) is 10.6 Å². The number of hydrogen-bond donors (Lipinski definition) is 1. The molecule has 1 saturated heterocycles. The average molecular weight is 288 g/mol. The lowest BCUT2D eigenvalue weighted by atomic mass is 10.2. The van der Waals surface area contributed by atoms with Gasteiger partial charge in [0.15, 0.2) is 0 Å². The second-order valence-electron chi connectivity index (χ2n) is 3.56. The molecule has 1 aromatic rings. The van der Waals surface area contributed by atoms with Gasteiger partial charge in [0.25, 0.3) is 5.91 Å².